The van der Waals surface area contributed by atoms with Crippen molar-refractivity contribution in [3.8, 4) is 0 Å². The monoisotopic (exact) mass is 263 g/mol. The van der Waals surface area contributed by atoms with Gasteiger partial charge in [-0.05, 0) is 28.7 Å². The van der Waals surface area contributed by atoms with Crippen LogP contribution >= 0.6 is 0 Å². The van der Waals surface area contributed by atoms with E-state index in [-0.39, 0.29) is 5.91 Å². The molecule has 1 amide bonds. The fraction of sp³-hybridized carbons (Fsp3) is 0.167. The largest absolute Gasteiger partial charge is 0.356 e. The minimum absolute atomic E-state index is 0.0384. The van der Waals surface area contributed by atoms with E-state index in [0.717, 1.165) is 12.0 Å². The van der Waals surface area contributed by atoms with Gasteiger partial charge in [-0.2, -0.15) is 0 Å². The number of carbonyl (C=O) groups is 1. The number of nitrogens with one attached hydrogen (secondary N) is 1. The summed E-state index contributed by atoms with van der Waals surface area (Å²) in [6.07, 6.45) is 2.61. The van der Waals surface area contributed by atoms with Crippen molar-refractivity contribution in [3.05, 3.63) is 77.4 Å². The zero-order chi connectivity index (χ0) is 13.9. The Hall–Kier alpha value is -2.35. The Morgan fingerprint density at radius 2 is 1.80 bits per heavy atom. The van der Waals surface area contributed by atoms with Gasteiger partial charge >= 0.3 is 0 Å². The predicted molar refractivity (Wildman–Crippen MR) is 81.4 cm³/mol. The highest BCUT2D eigenvalue weighted by Gasteiger charge is 2.27. The van der Waals surface area contributed by atoms with Crippen LogP contribution in [0, 0.1) is 0 Å². The van der Waals surface area contributed by atoms with Crippen molar-refractivity contribution in [1.82, 2.24) is 5.32 Å². The van der Waals surface area contributed by atoms with Crippen LogP contribution in [0.15, 0.2) is 60.7 Å². The number of carbonyl (C=O) groups excluding carboxylic acids is 1. The lowest BCUT2D eigenvalue weighted by Crippen LogP contribution is -2.14. The first kappa shape index (κ1) is 12.7. The Morgan fingerprint density at radius 3 is 2.55 bits per heavy atom. The maximum absolute atomic E-state index is 11.6. The predicted octanol–water partition coefficient (Wildman–Crippen LogP) is 3.35. The molecule has 0 fully saturated rings. The van der Waals surface area contributed by atoms with Crippen molar-refractivity contribution in [2.24, 2.45) is 0 Å². The van der Waals surface area contributed by atoms with Crippen LogP contribution in [0.4, 0.5) is 0 Å². The van der Waals surface area contributed by atoms with Crippen LogP contribution in [-0.4, -0.2) is 13.0 Å². The molecule has 1 unspecified atom stereocenters. The van der Waals surface area contributed by atoms with Crippen molar-refractivity contribution >= 4 is 11.5 Å². The lowest BCUT2D eigenvalue weighted by molar-refractivity contribution is -0.116. The highest BCUT2D eigenvalue weighted by molar-refractivity contribution is 5.96. The molecule has 2 nitrogen and oxygen atoms in total. The van der Waals surface area contributed by atoms with Crippen molar-refractivity contribution in [1.29, 1.82) is 0 Å². The van der Waals surface area contributed by atoms with Crippen LogP contribution < -0.4 is 5.32 Å². The van der Waals surface area contributed by atoms with Crippen molar-refractivity contribution < 1.29 is 4.79 Å². The number of benzene rings is 2. The molecule has 0 spiro atoms. The minimum atomic E-state index is -0.0384. The molecule has 20 heavy (non-hydrogen) atoms. The maximum atomic E-state index is 11.6. The summed E-state index contributed by atoms with van der Waals surface area (Å²) in [5.41, 5.74) is 4.94. The molecule has 1 atom stereocenters. The Labute approximate surface area is 119 Å². The fourth-order valence-corrected chi connectivity index (χ4v) is 2.88. The van der Waals surface area contributed by atoms with Gasteiger partial charge in [0.15, 0.2) is 0 Å². The molecular formula is C18H17NO. The molecule has 3 rings (SSSR count). The Morgan fingerprint density at radius 1 is 1.10 bits per heavy atom. The van der Waals surface area contributed by atoms with Gasteiger partial charge in [0.2, 0.25) is 5.91 Å². The van der Waals surface area contributed by atoms with E-state index in [1.54, 1.807) is 13.1 Å². The molecule has 0 saturated carbocycles. The summed E-state index contributed by atoms with van der Waals surface area (Å²) in [6.45, 7) is 0. The zero-order valence-electron chi connectivity index (χ0n) is 11.5. The number of fused-ring (bicyclic) bond motifs is 1. The normalized spacial score (nSPS) is 18.9. The number of likely N-dealkylation sites (N-methyl/N-ethyl adjacent to an activating group) is 1. The summed E-state index contributed by atoms with van der Waals surface area (Å²) in [4.78, 5) is 11.6. The average Bonchev–Trinajstić information content (AvgIpc) is 2.87. The van der Waals surface area contributed by atoms with Crippen LogP contribution in [-0.2, 0) is 4.79 Å². The van der Waals surface area contributed by atoms with Gasteiger partial charge in [0.25, 0.3) is 0 Å². The molecule has 2 heteroatoms. The third kappa shape index (κ3) is 2.25. The number of amides is 1. The highest BCUT2D eigenvalue weighted by Crippen LogP contribution is 2.44. The SMILES string of the molecule is CNC(=O)C=C1CC(c2ccccc2)c2ccccc21. The third-order valence-corrected chi connectivity index (χ3v) is 3.86. The van der Waals surface area contributed by atoms with E-state index in [9.17, 15) is 4.79 Å². The van der Waals surface area contributed by atoms with Gasteiger partial charge in [-0.25, -0.2) is 0 Å². The molecule has 0 radical (unpaired) electrons. The van der Waals surface area contributed by atoms with Gasteiger partial charge in [0.1, 0.15) is 0 Å². The van der Waals surface area contributed by atoms with E-state index >= 15 is 0 Å². The van der Waals surface area contributed by atoms with Gasteiger partial charge < -0.3 is 5.32 Å². The molecule has 0 aliphatic heterocycles. The molecule has 2 aromatic rings. The second-order valence-corrected chi connectivity index (χ2v) is 5.04. The molecule has 1 aliphatic carbocycles. The third-order valence-electron chi connectivity index (χ3n) is 3.86. The second-order valence-electron chi connectivity index (χ2n) is 5.04. The van der Waals surface area contributed by atoms with Gasteiger partial charge in [-0.3, -0.25) is 4.79 Å². The Bertz CT molecular complexity index is 658. The fourth-order valence-electron chi connectivity index (χ4n) is 2.88. The standard InChI is InChI=1S/C18H17NO/c1-19-18(20)12-14-11-17(13-7-3-2-4-8-13)16-10-6-5-9-15(14)16/h2-10,12,17H,11H2,1H3,(H,19,20). The van der Waals surface area contributed by atoms with E-state index in [4.69, 9.17) is 0 Å². The summed E-state index contributed by atoms with van der Waals surface area (Å²) in [5.74, 6) is 0.312. The number of rotatable bonds is 2. The van der Waals surface area contributed by atoms with Crippen LogP contribution in [0.25, 0.3) is 5.57 Å². The summed E-state index contributed by atoms with van der Waals surface area (Å²) in [7, 11) is 1.66. The van der Waals surface area contributed by atoms with Crippen LogP contribution in [0.1, 0.15) is 29.0 Å². The quantitative estimate of drug-likeness (QED) is 0.827. The van der Waals surface area contributed by atoms with Gasteiger partial charge in [-0.1, -0.05) is 54.6 Å². The summed E-state index contributed by atoms with van der Waals surface area (Å²) >= 11 is 0. The summed E-state index contributed by atoms with van der Waals surface area (Å²) < 4.78 is 0. The van der Waals surface area contributed by atoms with E-state index < -0.39 is 0 Å². The number of allylic oxidation sites excluding steroid dienone is 1. The van der Waals surface area contributed by atoms with Crippen LogP contribution in [0.5, 0.6) is 0 Å². The highest BCUT2D eigenvalue weighted by atomic mass is 16.1. The molecule has 100 valence electrons. The number of hydrogen-bond donors (Lipinski definition) is 1. The minimum Gasteiger partial charge on any atom is -0.356 e. The Kier molecular flexibility index (Phi) is 3.38. The number of hydrogen-bond acceptors (Lipinski definition) is 1. The molecule has 0 saturated heterocycles. The lowest BCUT2D eigenvalue weighted by atomic mass is 9.93. The topological polar surface area (TPSA) is 29.1 Å². The van der Waals surface area contributed by atoms with E-state index in [1.165, 1.54) is 16.7 Å². The average molecular weight is 263 g/mol. The second kappa shape index (κ2) is 5.33. The van der Waals surface area contributed by atoms with Crippen molar-refractivity contribution in [2.45, 2.75) is 12.3 Å². The molecule has 1 aliphatic rings. The molecule has 1 N–H and O–H groups in total. The molecule has 0 aromatic heterocycles. The van der Waals surface area contributed by atoms with Crippen LogP contribution in [0.3, 0.4) is 0 Å². The van der Waals surface area contributed by atoms with Gasteiger partial charge in [-0.15, -0.1) is 0 Å². The first-order valence-electron chi connectivity index (χ1n) is 6.86. The first-order valence-corrected chi connectivity index (χ1v) is 6.86. The van der Waals surface area contributed by atoms with Crippen molar-refractivity contribution in [3.63, 3.8) is 0 Å². The van der Waals surface area contributed by atoms with Gasteiger partial charge in [0.05, 0.1) is 0 Å². The lowest BCUT2D eigenvalue weighted by Gasteiger charge is -2.11. The van der Waals surface area contributed by atoms with Crippen LogP contribution in [0.2, 0.25) is 0 Å². The zero-order valence-corrected chi connectivity index (χ0v) is 11.5. The summed E-state index contributed by atoms with van der Waals surface area (Å²) in [5, 5.41) is 2.66. The molecular weight excluding hydrogens is 246 g/mol. The van der Waals surface area contributed by atoms with E-state index in [1.807, 2.05) is 12.1 Å². The smallest absolute Gasteiger partial charge is 0.244 e. The maximum Gasteiger partial charge on any atom is 0.244 e. The summed E-state index contributed by atoms with van der Waals surface area (Å²) in [6, 6.07) is 18.9. The first-order chi connectivity index (χ1) is 9.79. The van der Waals surface area contributed by atoms with E-state index in [0.29, 0.717) is 5.92 Å². The molecule has 0 heterocycles. The van der Waals surface area contributed by atoms with Gasteiger partial charge in [0, 0.05) is 19.0 Å². The van der Waals surface area contributed by atoms with Crippen molar-refractivity contribution in [2.75, 3.05) is 7.05 Å². The molecule has 2 aromatic carbocycles. The Balaban J connectivity index is 2.05. The molecule has 0 bridgehead atoms. The van der Waals surface area contributed by atoms with E-state index in [2.05, 4.69) is 47.8 Å².